The average Bonchev–Trinajstić information content (AvgIpc) is 2.16. The summed E-state index contributed by atoms with van der Waals surface area (Å²) in [6.07, 6.45) is 0. The Bertz CT molecular complexity index is 451. The largest absolute Gasteiger partial charge is 0.409 e. The molecular weight excluding hydrogens is 276 g/mol. The van der Waals surface area contributed by atoms with Crippen LogP contribution in [0.25, 0.3) is 0 Å². The number of rotatable bonds is 5. The quantitative estimate of drug-likeness (QED) is 0.633. The smallest absolute Gasteiger partial charge is 0.184 e. The third kappa shape index (κ3) is 5.19. The Labute approximate surface area is 127 Å². The lowest BCUT2D eigenvalue weighted by Gasteiger charge is -2.40. The van der Waals surface area contributed by atoms with Gasteiger partial charge in [-0.25, -0.2) is 0 Å². The molecule has 1 rings (SSSR count). The van der Waals surface area contributed by atoms with Crippen LogP contribution >= 0.6 is 0 Å². The fourth-order valence-corrected chi connectivity index (χ4v) is 6.94. The van der Waals surface area contributed by atoms with E-state index in [1.165, 1.54) is 22.7 Å². The Morgan fingerprint density at radius 3 is 1.90 bits per heavy atom. The molecule has 0 aliphatic heterocycles. The van der Waals surface area contributed by atoms with Crippen LogP contribution in [0.3, 0.4) is 0 Å². The fourth-order valence-electron chi connectivity index (χ4n) is 2.96. The number of benzene rings is 1. The van der Waals surface area contributed by atoms with Gasteiger partial charge in [-0.1, -0.05) is 37.8 Å². The minimum absolute atomic E-state index is 0.132. The summed E-state index contributed by atoms with van der Waals surface area (Å²) in [5.41, 5.74) is 3.94. The van der Waals surface area contributed by atoms with Gasteiger partial charge < -0.3 is 4.43 Å². The SMILES string of the molecule is Cc1ccc(C(C)(C[Si](C)(C)C)O[Si](C)(C)C)cc1C. The summed E-state index contributed by atoms with van der Waals surface area (Å²) in [6.45, 7) is 20.8. The van der Waals surface area contributed by atoms with Crippen LogP contribution in [0.15, 0.2) is 18.2 Å². The van der Waals surface area contributed by atoms with Crippen LogP contribution in [0.4, 0.5) is 0 Å². The van der Waals surface area contributed by atoms with Crippen LogP contribution in [0, 0.1) is 13.8 Å². The van der Waals surface area contributed by atoms with Crippen molar-refractivity contribution in [3.8, 4) is 0 Å². The third-order valence-electron chi connectivity index (χ3n) is 3.52. The van der Waals surface area contributed by atoms with Crippen LogP contribution in [-0.2, 0) is 10.0 Å². The molecule has 1 aromatic carbocycles. The maximum Gasteiger partial charge on any atom is 0.184 e. The molecule has 1 aromatic rings. The van der Waals surface area contributed by atoms with E-state index < -0.39 is 16.4 Å². The van der Waals surface area contributed by atoms with Crippen molar-refractivity contribution in [3.63, 3.8) is 0 Å². The molecule has 0 fully saturated rings. The highest BCUT2D eigenvalue weighted by atomic mass is 28.4. The van der Waals surface area contributed by atoms with Crippen LogP contribution in [0.1, 0.15) is 23.6 Å². The van der Waals surface area contributed by atoms with E-state index in [4.69, 9.17) is 4.43 Å². The van der Waals surface area contributed by atoms with E-state index in [1.54, 1.807) is 0 Å². The summed E-state index contributed by atoms with van der Waals surface area (Å²) in [5.74, 6) is 0. The molecule has 1 atom stereocenters. The second kappa shape index (κ2) is 5.78. The van der Waals surface area contributed by atoms with E-state index in [9.17, 15) is 0 Å². The molecule has 1 nitrogen and oxygen atoms in total. The average molecular weight is 309 g/mol. The highest BCUT2D eigenvalue weighted by Crippen LogP contribution is 2.37. The predicted octanol–water partition coefficient (Wildman–Crippen LogP) is 5.71. The molecule has 3 heteroatoms. The minimum atomic E-state index is -1.58. The highest BCUT2D eigenvalue weighted by molar-refractivity contribution is 6.76. The summed E-state index contributed by atoms with van der Waals surface area (Å²) in [4.78, 5) is 0. The van der Waals surface area contributed by atoms with Gasteiger partial charge in [0.25, 0.3) is 0 Å². The number of hydrogen-bond donors (Lipinski definition) is 0. The molecule has 0 heterocycles. The van der Waals surface area contributed by atoms with Gasteiger partial charge in [0, 0.05) is 8.07 Å². The molecular formula is C17H32OSi2. The first-order valence-corrected chi connectivity index (χ1v) is 14.7. The number of aryl methyl sites for hydroxylation is 2. The fraction of sp³-hybridized carbons (Fsp3) is 0.647. The number of hydrogen-bond acceptors (Lipinski definition) is 1. The van der Waals surface area contributed by atoms with Gasteiger partial charge in [-0.2, -0.15) is 0 Å². The standard InChI is InChI=1S/C17H32OSi2/c1-14-10-11-16(12-15(14)2)17(3,13-19(4,5)6)18-20(7,8)9/h10-12H,13H2,1-9H3. The Morgan fingerprint density at radius 2 is 1.50 bits per heavy atom. The molecule has 0 saturated heterocycles. The van der Waals surface area contributed by atoms with Gasteiger partial charge >= 0.3 is 0 Å². The molecule has 0 aromatic heterocycles. The summed E-state index contributed by atoms with van der Waals surface area (Å²) in [7, 11) is -2.79. The van der Waals surface area contributed by atoms with E-state index in [0.717, 1.165) is 0 Å². The van der Waals surface area contributed by atoms with E-state index in [2.05, 4.69) is 78.3 Å². The zero-order chi connectivity index (χ0) is 15.8. The van der Waals surface area contributed by atoms with Crippen LogP contribution < -0.4 is 0 Å². The highest BCUT2D eigenvalue weighted by Gasteiger charge is 2.37. The molecule has 0 spiro atoms. The first-order valence-electron chi connectivity index (χ1n) is 7.60. The van der Waals surface area contributed by atoms with Gasteiger partial charge in [-0.15, -0.1) is 0 Å². The molecule has 1 unspecified atom stereocenters. The third-order valence-corrected chi connectivity index (χ3v) is 6.31. The van der Waals surface area contributed by atoms with E-state index in [0.29, 0.717) is 0 Å². The summed E-state index contributed by atoms with van der Waals surface area (Å²) in [5, 5.41) is 0. The van der Waals surface area contributed by atoms with E-state index in [1.807, 2.05) is 0 Å². The van der Waals surface area contributed by atoms with Crippen molar-refractivity contribution in [2.75, 3.05) is 0 Å². The van der Waals surface area contributed by atoms with Gasteiger partial charge in [-0.3, -0.25) is 0 Å². The molecule has 114 valence electrons. The molecule has 0 aliphatic rings. The first-order chi connectivity index (χ1) is 8.82. The van der Waals surface area contributed by atoms with Crippen LogP contribution in [0.2, 0.25) is 45.3 Å². The van der Waals surface area contributed by atoms with E-state index in [-0.39, 0.29) is 5.60 Å². The van der Waals surface area contributed by atoms with Gasteiger partial charge in [0.1, 0.15) is 0 Å². The Morgan fingerprint density at radius 1 is 0.950 bits per heavy atom. The monoisotopic (exact) mass is 308 g/mol. The maximum absolute atomic E-state index is 6.66. The molecule has 0 amide bonds. The Balaban J connectivity index is 3.25. The van der Waals surface area contributed by atoms with Crippen molar-refractivity contribution in [2.45, 2.75) is 71.7 Å². The molecule has 0 radical (unpaired) electrons. The van der Waals surface area contributed by atoms with Gasteiger partial charge in [0.2, 0.25) is 0 Å². The normalized spacial score (nSPS) is 16.1. The molecule has 0 N–H and O–H groups in total. The summed E-state index contributed by atoms with van der Waals surface area (Å²) in [6, 6.07) is 8.01. The van der Waals surface area contributed by atoms with Crippen molar-refractivity contribution in [1.82, 2.24) is 0 Å². The van der Waals surface area contributed by atoms with Gasteiger partial charge in [-0.05, 0) is 63.1 Å². The van der Waals surface area contributed by atoms with Crippen molar-refractivity contribution in [1.29, 1.82) is 0 Å². The maximum atomic E-state index is 6.66. The summed E-state index contributed by atoms with van der Waals surface area (Å²) >= 11 is 0. The van der Waals surface area contributed by atoms with Crippen molar-refractivity contribution < 1.29 is 4.43 Å². The molecule has 0 saturated carbocycles. The van der Waals surface area contributed by atoms with E-state index >= 15 is 0 Å². The lowest BCUT2D eigenvalue weighted by Crippen LogP contribution is -2.43. The Kier molecular flexibility index (Phi) is 5.10. The molecule has 0 bridgehead atoms. The van der Waals surface area contributed by atoms with Crippen molar-refractivity contribution >= 4 is 16.4 Å². The van der Waals surface area contributed by atoms with Crippen LogP contribution in [0.5, 0.6) is 0 Å². The van der Waals surface area contributed by atoms with Gasteiger partial charge in [0.05, 0.1) is 5.60 Å². The lowest BCUT2D eigenvalue weighted by atomic mass is 9.94. The van der Waals surface area contributed by atoms with Crippen molar-refractivity contribution in [3.05, 3.63) is 34.9 Å². The lowest BCUT2D eigenvalue weighted by molar-refractivity contribution is 0.0983. The predicted molar refractivity (Wildman–Crippen MR) is 95.9 cm³/mol. The zero-order valence-corrected chi connectivity index (χ0v) is 16.8. The topological polar surface area (TPSA) is 9.23 Å². The zero-order valence-electron chi connectivity index (χ0n) is 14.8. The second-order valence-electron chi connectivity index (χ2n) is 8.48. The first kappa shape index (κ1) is 17.7. The molecule has 20 heavy (non-hydrogen) atoms. The molecule has 0 aliphatic carbocycles. The van der Waals surface area contributed by atoms with Gasteiger partial charge in [0.15, 0.2) is 8.32 Å². The summed E-state index contributed by atoms with van der Waals surface area (Å²) < 4.78 is 6.66. The second-order valence-corrected chi connectivity index (χ2v) is 18.4. The Hall–Kier alpha value is -0.386. The minimum Gasteiger partial charge on any atom is -0.409 e. The van der Waals surface area contributed by atoms with Crippen LogP contribution in [-0.4, -0.2) is 16.4 Å². The van der Waals surface area contributed by atoms with Crippen molar-refractivity contribution in [2.24, 2.45) is 0 Å².